The molecule has 1 aliphatic rings. The number of alkyl halides is 3. The molecule has 12 nitrogen and oxygen atoms in total. The van der Waals surface area contributed by atoms with Crippen molar-refractivity contribution in [3.63, 3.8) is 0 Å². The average molecular weight is 760 g/mol. The smallest absolute Gasteiger partial charge is 0.422 e. The number of halogens is 5. The molecule has 5 rings (SSSR count). The second-order valence-corrected chi connectivity index (χ2v) is 13.9. The highest BCUT2D eigenvalue weighted by Crippen LogP contribution is 2.48. The third kappa shape index (κ3) is 10.7. The van der Waals surface area contributed by atoms with Crippen molar-refractivity contribution in [2.45, 2.75) is 45.3 Å². The van der Waals surface area contributed by atoms with E-state index in [0.29, 0.717) is 27.0 Å². The van der Waals surface area contributed by atoms with E-state index in [0.717, 1.165) is 24.0 Å². The third-order valence-electron chi connectivity index (χ3n) is 7.96. The van der Waals surface area contributed by atoms with Crippen molar-refractivity contribution in [3.8, 4) is 6.01 Å². The van der Waals surface area contributed by atoms with Crippen LogP contribution in [0, 0.1) is 12.3 Å². The zero-order chi connectivity index (χ0) is 37.7. The van der Waals surface area contributed by atoms with Crippen molar-refractivity contribution >= 4 is 64.2 Å². The minimum Gasteiger partial charge on any atom is -0.454 e. The number of carbonyl (C=O) groups excluding carboxylic acids is 3. The maximum atomic E-state index is 12.9. The Morgan fingerprint density at radius 1 is 0.827 bits per heavy atom. The van der Waals surface area contributed by atoms with E-state index in [4.69, 9.17) is 27.9 Å². The van der Waals surface area contributed by atoms with Crippen LogP contribution in [0.4, 0.5) is 36.4 Å². The van der Waals surface area contributed by atoms with Gasteiger partial charge in [0.15, 0.2) is 6.61 Å². The standard InChI is InChI=1S/C35H35Cl2F3N8O4/c1-20-16-25(12-13-26(20)37)43-29(51)28(50)42-18-33(2,3)17-41-27(49)21-4-10-24(11-5-21)44-30-45-31(47-32(46-30)52-19-35(38,39)40)48-34(14-15-34)22-6-8-23(36)9-7-22/h4-13,16H,14-15,17-19H2,1-3H3,(H,41,49)(H,42,50)(H,43,51)(H2,44,45,46,47,48). The molecule has 0 spiro atoms. The van der Waals surface area contributed by atoms with Crippen LogP contribution in [0.15, 0.2) is 66.7 Å². The second kappa shape index (κ2) is 15.6. The van der Waals surface area contributed by atoms with Gasteiger partial charge in [-0.2, -0.15) is 28.1 Å². The number of hydrogen-bond acceptors (Lipinski definition) is 9. The Labute approximate surface area is 307 Å². The van der Waals surface area contributed by atoms with Crippen LogP contribution in [0.1, 0.15) is 48.2 Å². The van der Waals surface area contributed by atoms with Gasteiger partial charge in [0.1, 0.15) is 0 Å². The largest absolute Gasteiger partial charge is 0.454 e. The first-order chi connectivity index (χ1) is 24.5. The molecule has 17 heteroatoms. The van der Waals surface area contributed by atoms with Crippen LogP contribution in [0.3, 0.4) is 0 Å². The van der Waals surface area contributed by atoms with Crippen molar-refractivity contribution in [1.29, 1.82) is 0 Å². The Hall–Kier alpha value is -5.15. The van der Waals surface area contributed by atoms with Crippen LogP contribution in [-0.2, 0) is 15.1 Å². The summed E-state index contributed by atoms with van der Waals surface area (Å²) in [5, 5.41) is 15.2. The highest BCUT2D eigenvalue weighted by atomic mass is 35.5. The van der Waals surface area contributed by atoms with E-state index in [1.54, 1.807) is 49.4 Å². The lowest BCUT2D eigenvalue weighted by Crippen LogP contribution is -2.44. The number of nitrogens with zero attached hydrogens (tertiary/aromatic N) is 3. The lowest BCUT2D eigenvalue weighted by Gasteiger charge is -2.25. The number of nitrogens with one attached hydrogen (secondary N) is 5. The van der Waals surface area contributed by atoms with Crippen molar-refractivity contribution in [2.24, 2.45) is 5.41 Å². The topological polar surface area (TPSA) is 159 Å². The number of amides is 3. The molecule has 1 fully saturated rings. The molecule has 274 valence electrons. The van der Waals surface area contributed by atoms with Gasteiger partial charge in [0, 0.05) is 40.1 Å². The first-order valence-corrected chi connectivity index (χ1v) is 16.8. The van der Waals surface area contributed by atoms with Gasteiger partial charge in [0.2, 0.25) is 11.9 Å². The number of aromatic nitrogens is 3. The predicted molar refractivity (Wildman–Crippen MR) is 191 cm³/mol. The SMILES string of the molecule is Cc1cc(NC(=O)C(=O)NCC(C)(C)CNC(=O)c2ccc(Nc3nc(NC4(c5ccc(Cl)cc5)CC4)nc(OCC(F)(F)F)n3)cc2)ccc1Cl. The second-order valence-electron chi connectivity index (χ2n) is 13.0. The molecule has 1 aliphatic carbocycles. The maximum absolute atomic E-state index is 12.9. The minimum atomic E-state index is -4.61. The van der Waals surface area contributed by atoms with Gasteiger partial charge in [0.05, 0.1) is 5.54 Å². The molecule has 3 amide bonds. The van der Waals surface area contributed by atoms with E-state index in [2.05, 4.69) is 41.5 Å². The number of rotatable bonds is 13. The zero-order valence-corrected chi connectivity index (χ0v) is 29.8. The lowest BCUT2D eigenvalue weighted by molar-refractivity contribution is -0.154. The number of aryl methyl sites for hydroxylation is 1. The molecule has 0 unspecified atom stereocenters. The molecule has 1 heterocycles. The highest BCUT2D eigenvalue weighted by molar-refractivity contribution is 6.39. The molecule has 0 aliphatic heterocycles. The van der Waals surface area contributed by atoms with E-state index in [-0.39, 0.29) is 25.0 Å². The molecular formula is C35H35Cl2F3N8O4. The molecular weight excluding hydrogens is 724 g/mol. The zero-order valence-electron chi connectivity index (χ0n) is 28.3. The third-order valence-corrected chi connectivity index (χ3v) is 8.63. The van der Waals surface area contributed by atoms with Crippen LogP contribution in [-0.4, -0.2) is 58.5 Å². The number of ether oxygens (including phenoxy) is 1. The molecule has 1 saturated carbocycles. The molecule has 0 saturated heterocycles. The van der Waals surface area contributed by atoms with E-state index in [1.807, 2.05) is 26.0 Å². The van der Waals surface area contributed by atoms with Gasteiger partial charge >= 0.3 is 24.0 Å². The van der Waals surface area contributed by atoms with Crippen LogP contribution >= 0.6 is 23.2 Å². The van der Waals surface area contributed by atoms with Crippen molar-refractivity contribution < 1.29 is 32.3 Å². The Balaban J connectivity index is 1.17. The summed E-state index contributed by atoms with van der Waals surface area (Å²) in [5.41, 5.74) is 1.70. The molecule has 0 atom stereocenters. The van der Waals surface area contributed by atoms with Gasteiger partial charge < -0.3 is 31.3 Å². The first kappa shape index (κ1) is 38.1. The summed E-state index contributed by atoms with van der Waals surface area (Å²) in [7, 11) is 0. The Kier molecular flexibility index (Phi) is 11.4. The van der Waals surface area contributed by atoms with E-state index >= 15 is 0 Å². The molecule has 4 aromatic rings. The van der Waals surface area contributed by atoms with Gasteiger partial charge in [-0.1, -0.05) is 49.2 Å². The fraction of sp³-hybridized carbons (Fsp3) is 0.314. The average Bonchev–Trinajstić information content (AvgIpc) is 3.87. The predicted octanol–water partition coefficient (Wildman–Crippen LogP) is 6.78. The lowest BCUT2D eigenvalue weighted by atomic mass is 9.93. The Bertz CT molecular complexity index is 1940. The van der Waals surface area contributed by atoms with Gasteiger partial charge in [-0.05, 0) is 90.9 Å². The van der Waals surface area contributed by atoms with Crippen LogP contribution in [0.2, 0.25) is 10.0 Å². The summed E-state index contributed by atoms with van der Waals surface area (Å²) in [4.78, 5) is 50.1. The fourth-order valence-corrected chi connectivity index (χ4v) is 5.14. The minimum absolute atomic E-state index is 0.00851. The summed E-state index contributed by atoms with van der Waals surface area (Å²) < 4.78 is 43.6. The van der Waals surface area contributed by atoms with Crippen LogP contribution in [0.5, 0.6) is 6.01 Å². The first-order valence-electron chi connectivity index (χ1n) is 16.0. The molecule has 0 bridgehead atoms. The number of hydrogen-bond donors (Lipinski definition) is 5. The van der Waals surface area contributed by atoms with Crippen LogP contribution in [0.25, 0.3) is 0 Å². The normalized spacial score (nSPS) is 13.5. The molecule has 0 radical (unpaired) electrons. The van der Waals surface area contributed by atoms with Crippen molar-refractivity contribution in [1.82, 2.24) is 25.6 Å². The summed E-state index contributed by atoms with van der Waals surface area (Å²) in [6.45, 7) is 4.07. The van der Waals surface area contributed by atoms with Crippen molar-refractivity contribution in [2.75, 3.05) is 35.6 Å². The van der Waals surface area contributed by atoms with Gasteiger partial charge in [-0.25, -0.2) is 0 Å². The summed E-state index contributed by atoms with van der Waals surface area (Å²) in [5.74, 6) is -2.14. The van der Waals surface area contributed by atoms with Crippen molar-refractivity contribution in [3.05, 3.63) is 93.5 Å². The van der Waals surface area contributed by atoms with E-state index < -0.39 is 47.5 Å². The van der Waals surface area contributed by atoms with Gasteiger partial charge in [-0.15, -0.1) is 0 Å². The highest BCUT2D eigenvalue weighted by Gasteiger charge is 2.45. The molecule has 1 aromatic heterocycles. The fourth-order valence-electron chi connectivity index (χ4n) is 4.90. The summed E-state index contributed by atoms with van der Waals surface area (Å²) in [6, 6.07) is 17.7. The van der Waals surface area contributed by atoms with E-state index in [1.165, 1.54) is 12.1 Å². The summed E-state index contributed by atoms with van der Waals surface area (Å²) in [6.07, 6.45) is -3.14. The molecule has 5 N–H and O–H groups in total. The van der Waals surface area contributed by atoms with Crippen LogP contribution < -0.4 is 31.3 Å². The van der Waals surface area contributed by atoms with Gasteiger partial charge in [0.25, 0.3) is 5.91 Å². The quantitative estimate of drug-likeness (QED) is 0.0927. The summed E-state index contributed by atoms with van der Waals surface area (Å²) >= 11 is 12.0. The molecule has 3 aromatic carbocycles. The Morgan fingerprint density at radius 3 is 2.10 bits per heavy atom. The Morgan fingerprint density at radius 2 is 1.46 bits per heavy atom. The van der Waals surface area contributed by atoms with Gasteiger partial charge in [-0.3, -0.25) is 14.4 Å². The maximum Gasteiger partial charge on any atom is 0.422 e. The number of carbonyl (C=O) groups is 3. The van der Waals surface area contributed by atoms with E-state index in [9.17, 15) is 27.6 Å². The number of benzene rings is 3. The number of anilines is 4. The monoisotopic (exact) mass is 758 g/mol. The molecule has 52 heavy (non-hydrogen) atoms.